The number of nitrogens with zero attached hydrogens (tertiary/aromatic N) is 4. The fourth-order valence-corrected chi connectivity index (χ4v) is 2.79. The average Bonchev–Trinajstić information content (AvgIpc) is 2.74. The van der Waals surface area contributed by atoms with Gasteiger partial charge in [-0.15, -0.1) is 0 Å². The standard InChI is InChI=1S/C13H23N5O2/c1-5-10-8-17(11(6-2)7-14-10)13-12(18(19)20)15-9(3)16(13)4/h10-11,14H,5-8H2,1-4H3. The van der Waals surface area contributed by atoms with Gasteiger partial charge in [0.25, 0.3) is 0 Å². The maximum Gasteiger partial charge on any atom is 0.406 e. The quantitative estimate of drug-likeness (QED) is 0.670. The molecule has 0 spiro atoms. The van der Waals surface area contributed by atoms with Crippen LogP contribution in [-0.2, 0) is 7.05 Å². The van der Waals surface area contributed by atoms with Crippen molar-refractivity contribution in [2.45, 2.75) is 45.7 Å². The third-order valence-electron chi connectivity index (χ3n) is 4.18. The molecule has 2 rings (SSSR count). The number of anilines is 1. The lowest BCUT2D eigenvalue weighted by atomic mass is 10.1. The van der Waals surface area contributed by atoms with Gasteiger partial charge in [0, 0.05) is 39.1 Å². The van der Waals surface area contributed by atoms with Crippen LogP contribution in [0.3, 0.4) is 0 Å². The molecule has 0 amide bonds. The molecule has 2 heterocycles. The first kappa shape index (κ1) is 14.8. The molecule has 1 aromatic heterocycles. The zero-order valence-corrected chi connectivity index (χ0v) is 12.6. The molecular formula is C13H23N5O2. The highest BCUT2D eigenvalue weighted by atomic mass is 16.6. The van der Waals surface area contributed by atoms with Gasteiger partial charge in [0.05, 0.1) is 0 Å². The molecule has 7 heteroatoms. The molecule has 112 valence electrons. The van der Waals surface area contributed by atoms with Crippen molar-refractivity contribution in [3.63, 3.8) is 0 Å². The van der Waals surface area contributed by atoms with Gasteiger partial charge in [0.1, 0.15) is 0 Å². The summed E-state index contributed by atoms with van der Waals surface area (Å²) in [5.74, 6) is 1.28. The Morgan fingerprint density at radius 1 is 1.45 bits per heavy atom. The first-order valence-electron chi connectivity index (χ1n) is 7.17. The fraction of sp³-hybridized carbons (Fsp3) is 0.769. The molecule has 2 unspecified atom stereocenters. The molecular weight excluding hydrogens is 258 g/mol. The average molecular weight is 281 g/mol. The molecule has 1 aliphatic heterocycles. The number of hydrogen-bond acceptors (Lipinski definition) is 5. The van der Waals surface area contributed by atoms with Crippen LogP contribution in [-0.4, -0.2) is 39.6 Å². The zero-order chi connectivity index (χ0) is 14.9. The summed E-state index contributed by atoms with van der Waals surface area (Å²) in [6.45, 7) is 7.69. The topological polar surface area (TPSA) is 76.2 Å². The number of hydrogen-bond donors (Lipinski definition) is 1. The van der Waals surface area contributed by atoms with Gasteiger partial charge in [-0.2, -0.15) is 0 Å². The molecule has 1 N–H and O–H groups in total. The molecule has 0 bridgehead atoms. The van der Waals surface area contributed by atoms with Crippen LogP contribution in [0.15, 0.2) is 0 Å². The fourth-order valence-electron chi connectivity index (χ4n) is 2.79. The van der Waals surface area contributed by atoms with Crippen molar-refractivity contribution in [1.29, 1.82) is 0 Å². The molecule has 0 aromatic carbocycles. The molecule has 1 aromatic rings. The van der Waals surface area contributed by atoms with Gasteiger partial charge in [-0.25, -0.2) is 0 Å². The highest BCUT2D eigenvalue weighted by molar-refractivity contribution is 5.57. The van der Waals surface area contributed by atoms with Crippen LogP contribution >= 0.6 is 0 Å². The molecule has 0 aliphatic carbocycles. The molecule has 0 radical (unpaired) electrons. The van der Waals surface area contributed by atoms with Gasteiger partial charge < -0.3 is 20.3 Å². The lowest BCUT2D eigenvalue weighted by Gasteiger charge is -2.40. The largest absolute Gasteiger partial charge is 0.406 e. The van der Waals surface area contributed by atoms with Crippen LogP contribution in [0.2, 0.25) is 0 Å². The summed E-state index contributed by atoms with van der Waals surface area (Å²) in [4.78, 5) is 17.1. The van der Waals surface area contributed by atoms with Crippen LogP contribution in [0.4, 0.5) is 11.6 Å². The van der Waals surface area contributed by atoms with Crippen molar-refractivity contribution in [2.75, 3.05) is 18.0 Å². The Morgan fingerprint density at radius 2 is 2.15 bits per heavy atom. The molecule has 20 heavy (non-hydrogen) atoms. The summed E-state index contributed by atoms with van der Waals surface area (Å²) in [5.41, 5.74) is 0. The van der Waals surface area contributed by atoms with Crippen molar-refractivity contribution in [3.8, 4) is 0 Å². The van der Waals surface area contributed by atoms with Crippen LogP contribution in [0.5, 0.6) is 0 Å². The number of nitrogens with one attached hydrogen (secondary N) is 1. The smallest absolute Gasteiger partial charge is 0.358 e. The van der Waals surface area contributed by atoms with Crippen molar-refractivity contribution < 1.29 is 4.92 Å². The zero-order valence-electron chi connectivity index (χ0n) is 12.6. The molecule has 2 atom stereocenters. The van der Waals surface area contributed by atoms with E-state index in [1.807, 2.05) is 11.6 Å². The number of rotatable bonds is 4. The minimum Gasteiger partial charge on any atom is -0.358 e. The Morgan fingerprint density at radius 3 is 2.70 bits per heavy atom. The van der Waals surface area contributed by atoms with Gasteiger partial charge >= 0.3 is 5.82 Å². The summed E-state index contributed by atoms with van der Waals surface area (Å²) in [6.07, 6.45) is 1.96. The van der Waals surface area contributed by atoms with E-state index in [0.29, 0.717) is 17.7 Å². The molecule has 1 aliphatic rings. The van der Waals surface area contributed by atoms with Crippen LogP contribution in [0.1, 0.15) is 32.5 Å². The van der Waals surface area contributed by atoms with Crippen molar-refractivity contribution in [2.24, 2.45) is 7.05 Å². The van der Waals surface area contributed by atoms with Gasteiger partial charge in [-0.05, 0) is 22.7 Å². The number of piperazine rings is 1. The third kappa shape index (κ3) is 2.49. The number of aryl methyl sites for hydroxylation is 1. The first-order chi connectivity index (χ1) is 9.49. The summed E-state index contributed by atoms with van der Waals surface area (Å²) < 4.78 is 1.83. The lowest BCUT2D eigenvalue weighted by Crippen LogP contribution is -2.56. The van der Waals surface area contributed by atoms with Crippen LogP contribution in [0.25, 0.3) is 0 Å². The van der Waals surface area contributed by atoms with E-state index in [1.165, 1.54) is 0 Å². The van der Waals surface area contributed by atoms with Gasteiger partial charge in [-0.3, -0.25) is 4.57 Å². The summed E-state index contributed by atoms with van der Waals surface area (Å²) in [7, 11) is 1.85. The van der Waals surface area contributed by atoms with Crippen LogP contribution in [0, 0.1) is 17.0 Å². The third-order valence-corrected chi connectivity index (χ3v) is 4.18. The molecule has 7 nitrogen and oxygen atoms in total. The number of nitro groups is 1. The van der Waals surface area contributed by atoms with E-state index in [2.05, 4.69) is 29.0 Å². The van der Waals surface area contributed by atoms with E-state index in [-0.39, 0.29) is 16.8 Å². The van der Waals surface area contributed by atoms with Crippen molar-refractivity contribution in [1.82, 2.24) is 14.9 Å². The minimum absolute atomic E-state index is 0.0276. The van der Waals surface area contributed by atoms with E-state index in [9.17, 15) is 10.1 Å². The van der Waals surface area contributed by atoms with Gasteiger partial charge in [-0.1, -0.05) is 13.8 Å². The molecule has 1 saturated heterocycles. The second-order valence-corrected chi connectivity index (χ2v) is 5.35. The summed E-state index contributed by atoms with van der Waals surface area (Å²) in [5, 5.41) is 14.8. The minimum atomic E-state index is -0.377. The van der Waals surface area contributed by atoms with E-state index in [1.54, 1.807) is 6.92 Å². The highest BCUT2D eigenvalue weighted by Gasteiger charge is 2.35. The van der Waals surface area contributed by atoms with E-state index in [4.69, 9.17) is 0 Å². The number of aromatic nitrogens is 2. The molecule has 1 fully saturated rings. The second-order valence-electron chi connectivity index (χ2n) is 5.35. The van der Waals surface area contributed by atoms with E-state index in [0.717, 1.165) is 25.9 Å². The Labute approximate surface area is 119 Å². The van der Waals surface area contributed by atoms with E-state index >= 15 is 0 Å². The maximum atomic E-state index is 11.3. The summed E-state index contributed by atoms with van der Waals surface area (Å²) in [6, 6.07) is 0.638. The van der Waals surface area contributed by atoms with Gasteiger partial charge in [0.15, 0.2) is 0 Å². The second kappa shape index (κ2) is 5.78. The van der Waals surface area contributed by atoms with Gasteiger partial charge in [0.2, 0.25) is 11.6 Å². The lowest BCUT2D eigenvalue weighted by molar-refractivity contribution is -0.388. The maximum absolute atomic E-state index is 11.3. The Hall–Kier alpha value is -1.63. The molecule has 0 saturated carbocycles. The van der Waals surface area contributed by atoms with Crippen molar-refractivity contribution >= 4 is 11.6 Å². The van der Waals surface area contributed by atoms with Crippen molar-refractivity contribution in [3.05, 3.63) is 15.9 Å². The normalized spacial score (nSPS) is 23.1. The monoisotopic (exact) mass is 281 g/mol. The number of imidazole rings is 1. The van der Waals surface area contributed by atoms with Crippen LogP contribution < -0.4 is 10.2 Å². The Kier molecular flexibility index (Phi) is 4.27. The first-order valence-corrected chi connectivity index (χ1v) is 7.17. The van der Waals surface area contributed by atoms with E-state index < -0.39 is 0 Å². The predicted octanol–water partition coefficient (Wildman–Crippen LogP) is 1.60. The Balaban J connectivity index is 2.43. The SMILES string of the molecule is CCC1CN(c2c([N+](=O)[O-])nc(C)n2C)C(CC)CN1. The Bertz CT molecular complexity index is 499. The highest BCUT2D eigenvalue weighted by Crippen LogP contribution is 2.31. The predicted molar refractivity (Wildman–Crippen MR) is 78.1 cm³/mol. The summed E-state index contributed by atoms with van der Waals surface area (Å²) >= 11 is 0.